The van der Waals surface area contributed by atoms with E-state index in [0.29, 0.717) is 5.56 Å². The Balaban J connectivity index is 2.86. The summed E-state index contributed by atoms with van der Waals surface area (Å²) in [5, 5.41) is 12.7. The number of hydrogen-bond acceptors (Lipinski definition) is 3. The molecule has 58 valence electrons. The monoisotopic (exact) mass is 151 g/mol. The lowest BCUT2D eigenvalue weighted by Crippen LogP contribution is -1.81. The van der Waals surface area contributed by atoms with Crippen LogP contribution in [0.15, 0.2) is 29.4 Å². The molecule has 1 N–H and O–H groups in total. The van der Waals surface area contributed by atoms with Gasteiger partial charge in [-0.2, -0.15) is 0 Å². The van der Waals surface area contributed by atoms with Gasteiger partial charge >= 0.3 is 0 Å². The van der Waals surface area contributed by atoms with Crippen molar-refractivity contribution in [3.63, 3.8) is 0 Å². The van der Waals surface area contributed by atoms with Crippen LogP contribution in [0.2, 0.25) is 0 Å². The zero-order valence-corrected chi connectivity index (χ0v) is 6.19. The third kappa shape index (κ3) is 1.97. The minimum atomic E-state index is 0.202. The minimum absolute atomic E-state index is 0.202. The highest BCUT2D eigenvalue weighted by Crippen LogP contribution is 2.12. The van der Waals surface area contributed by atoms with Crippen molar-refractivity contribution in [3.05, 3.63) is 29.8 Å². The first-order valence-corrected chi connectivity index (χ1v) is 3.19. The van der Waals surface area contributed by atoms with Crippen molar-refractivity contribution in [2.45, 2.75) is 0 Å². The zero-order valence-electron chi connectivity index (χ0n) is 6.19. The molecule has 0 aliphatic carbocycles. The minimum Gasteiger partial charge on any atom is -0.507 e. The molecular weight excluding hydrogens is 142 g/mol. The van der Waals surface area contributed by atoms with Crippen LogP contribution in [0.4, 0.5) is 0 Å². The maximum Gasteiger partial charge on any atom is 0.124 e. The summed E-state index contributed by atoms with van der Waals surface area (Å²) in [5.74, 6) is 0.202. The molecule has 0 saturated carbocycles. The number of hydrogen-bond donors (Lipinski definition) is 1. The molecule has 0 heterocycles. The van der Waals surface area contributed by atoms with Gasteiger partial charge in [0.05, 0.1) is 6.21 Å². The Hall–Kier alpha value is -1.51. The van der Waals surface area contributed by atoms with Crippen LogP contribution < -0.4 is 0 Å². The number of phenols is 1. The summed E-state index contributed by atoms with van der Waals surface area (Å²) in [6.45, 7) is 0. The summed E-state index contributed by atoms with van der Waals surface area (Å²) in [6.07, 6.45) is 1.45. The van der Waals surface area contributed by atoms with Crippen molar-refractivity contribution in [2.24, 2.45) is 5.16 Å². The summed E-state index contributed by atoms with van der Waals surface area (Å²) < 4.78 is 0. The van der Waals surface area contributed by atoms with Gasteiger partial charge in [0, 0.05) is 5.56 Å². The van der Waals surface area contributed by atoms with Gasteiger partial charge in [0.25, 0.3) is 0 Å². The maximum absolute atomic E-state index is 9.19. The Kier molecular flexibility index (Phi) is 2.49. The molecule has 0 unspecified atom stereocenters. The van der Waals surface area contributed by atoms with Crippen molar-refractivity contribution >= 4 is 6.21 Å². The molecule has 0 aromatic heterocycles. The molecule has 0 aliphatic heterocycles. The van der Waals surface area contributed by atoms with E-state index in [2.05, 4.69) is 9.99 Å². The van der Waals surface area contributed by atoms with Crippen LogP contribution in [0.1, 0.15) is 5.56 Å². The van der Waals surface area contributed by atoms with Crippen LogP contribution in [-0.4, -0.2) is 18.4 Å². The van der Waals surface area contributed by atoms with Gasteiger partial charge in [0.2, 0.25) is 0 Å². The number of phenolic OH excluding ortho intramolecular Hbond substituents is 1. The molecule has 0 aliphatic rings. The lowest BCUT2D eigenvalue weighted by molar-refractivity contribution is 0.215. The summed E-state index contributed by atoms with van der Waals surface area (Å²) in [4.78, 5) is 4.46. The normalized spacial score (nSPS) is 10.3. The molecule has 0 amide bonds. The van der Waals surface area contributed by atoms with E-state index in [4.69, 9.17) is 0 Å². The van der Waals surface area contributed by atoms with E-state index < -0.39 is 0 Å². The third-order valence-electron chi connectivity index (χ3n) is 1.23. The molecule has 0 fully saturated rings. The van der Waals surface area contributed by atoms with Gasteiger partial charge in [0.1, 0.15) is 12.9 Å². The number of nitrogens with zero attached hydrogens (tertiary/aromatic N) is 1. The van der Waals surface area contributed by atoms with Crippen molar-refractivity contribution < 1.29 is 9.94 Å². The highest BCUT2D eigenvalue weighted by atomic mass is 16.6. The molecule has 0 bridgehead atoms. The smallest absolute Gasteiger partial charge is 0.124 e. The molecule has 1 rings (SSSR count). The van der Waals surface area contributed by atoms with Gasteiger partial charge in [-0.25, -0.2) is 0 Å². The predicted molar refractivity (Wildman–Crippen MR) is 42.7 cm³/mol. The fraction of sp³-hybridized carbons (Fsp3) is 0.125. The Bertz CT molecular complexity index is 258. The second-order valence-corrected chi connectivity index (χ2v) is 1.98. The number of benzene rings is 1. The quantitative estimate of drug-likeness (QED) is 0.512. The van der Waals surface area contributed by atoms with Crippen LogP contribution in [-0.2, 0) is 4.84 Å². The van der Waals surface area contributed by atoms with E-state index in [0.717, 1.165) is 0 Å². The van der Waals surface area contributed by atoms with E-state index in [9.17, 15) is 5.11 Å². The Morgan fingerprint density at radius 1 is 1.45 bits per heavy atom. The van der Waals surface area contributed by atoms with Crippen molar-refractivity contribution in [1.29, 1.82) is 0 Å². The van der Waals surface area contributed by atoms with Crippen molar-refractivity contribution in [2.75, 3.05) is 7.11 Å². The largest absolute Gasteiger partial charge is 0.507 e. The fourth-order valence-electron chi connectivity index (χ4n) is 0.706. The van der Waals surface area contributed by atoms with Crippen LogP contribution in [0, 0.1) is 0 Å². The van der Waals surface area contributed by atoms with Gasteiger partial charge in [-0.05, 0) is 12.1 Å². The Labute approximate surface area is 64.9 Å². The second kappa shape index (κ2) is 3.61. The van der Waals surface area contributed by atoms with Crippen LogP contribution in [0.3, 0.4) is 0 Å². The third-order valence-corrected chi connectivity index (χ3v) is 1.23. The Morgan fingerprint density at radius 2 is 2.18 bits per heavy atom. The standard InChI is InChI=1S/C8H9NO2/c1-11-9-6-7-4-2-3-5-8(7)10/h2-6,10H,1H3/b9-6+. The van der Waals surface area contributed by atoms with E-state index in [1.54, 1.807) is 18.2 Å². The molecule has 1 aromatic carbocycles. The highest BCUT2D eigenvalue weighted by Gasteiger charge is 1.93. The summed E-state index contributed by atoms with van der Waals surface area (Å²) in [5.41, 5.74) is 0.648. The molecular formula is C8H9NO2. The second-order valence-electron chi connectivity index (χ2n) is 1.98. The van der Waals surface area contributed by atoms with Gasteiger partial charge in [-0.3, -0.25) is 0 Å². The first kappa shape index (κ1) is 7.60. The predicted octanol–water partition coefficient (Wildman–Crippen LogP) is 1.37. The van der Waals surface area contributed by atoms with Gasteiger partial charge < -0.3 is 9.94 Å². The average molecular weight is 151 g/mol. The lowest BCUT2D eigenvalue weighted by atomic mass is 10.2. The number of oxime groups is 1. The van der Waals surface area contributed by atoms with E-state index in [1.807, 2.05) is 6.07 Å². The highest BCUT2D eigenvalue weighted by molar-refractivity contribution is 5.82. The average Bonchev–Trinajstić information content (AvgIpc) is 2.03. The summed E-state index contributed by atoms with van der Waals surface area (Å²) in [6, 6.07) is 6.91. The molecule has 3 heteroatoms. The van der Waals surface area contributed by atoms with Gasteiger partial charge in [-0.1, -0.05) is 17.3 Å². The van der Waals surface area contributed by atoms with Crippen LogP contribution >= 0.6 is 0 Å². The first-order valence-electron chi connectivity index (χ1n) is 3.19. The molecule has 0 spiro atoms. The topological polar surface area (TPSA) is 41.8 Å². The molecule has 0 atom stereocenters. The summed E-state index contributed by atoms with van der Waals surface area (Å²) >= 11 is 0. The van der Waals surface area contributed by atoms with Crippen molar-refractivity contribution in [1.82, 2.24) is 0 Å². The van der Waals surface area contributed by atoms with E-state index in [-0.39, 0.29) is 5.75 Å². The van der Waals surface area contributed by atoms with Crippen LogP contribution in [0.25, 0.3) is 0 Å². The summed E-state index contributed by atoms with van der Waals surface area (Å²) in [7, 11) is 1.45. The molecule has 11 heavy (non-hydrogen) atoms. The zero-order chi connectivity index (χ0) is 8.10. The first-order chi connectivity index (χ1) is 5.34. The SMILES string of the molecule is CO/N=C/c1ccccc1O. The Morgan fingerprint density at radius 3 is 2.82 bits per heavy atom. The number of para-hydroxylation sites is 1. The number of aromatic hydroxyl groups is 1. The molecule has 1 aromatic rings. The van der Waals surface area contributed by atoms with E-state index >= 15 is 0 Å². The van der Waals surface area contributed by atoms with Crippen molar-refractivity contribution in [3.8, 4) is 5.75 Å². The fourth-order valence-corrected chi connectivity index (χ4v) is 0.706. The van der Waals surface area contributed by atoms with Gasteiger partial charge in [0.15, 0.2) is 0 Å². The maximum atomic E-state index is 9.19. The van der Waals surface area contributed by atoms with Crippen LogP contribution in [0.5, 0.6) is 5.75 Å². The molecule has 0 radical (unpaired) electrons. The lowest BCUT2D eigenvalue weighted by Gasteiger charge is -1.94. The van der Waals surface area contributed by atoms with E-state index in [1.165, 1.54) is 13.3 Å². The molecule has 3 nitrogen and oxygen atoms in total. The number of rotatable bonds is 2. The molecule has 0 saturated heterocycles. The van der Waals surface area contributed by atoms with Gasteiger partial charge in [-0.15, -0.1) is 0 Å².